The number of halogens is 3. The summed E-state index contributed by atoms with van der Waals surface area (Å²) in [6.07, 6.45) is -4.58. The molecule has 0 radical (unpaired) electrons. The molecule has 0 saturated heterocycles. The number of ether oxygens (including phenoxy) is 1. The Balaban J connectivity index is 2.38. The van der Waals surface area contributed by atoms with Crippen molar-refractivity contribution in [2.75, 3.05) is 7.11 Å². The molecule has 1 aromatic heterocycles. The van der Waals surface area contributed by atoms with E-state index in [0.29, 0.717) is 11.3 Å². The maximum absolute atomic E-state index is 13.3. The van der Waals surface area contributed by atoms with Crippen LogP contribution in [0.2, 0.25) is 0 Å². The van der Waals surface area contributed by atoms with Gasteiger partial charge in [-0.05, 0) is 37.3 Å². The Morgan fingerprint density at radius 1 is 1.12 bits per heavy atom. The van der Waals surface area contributed by atoms with Gasteiger partial charge in [-0.1, -0.05) is 12.1 Å². The van der Waals surface area contributed by atoms with Gasteiger partial charge in [-0.15, -0.1) is 0 Å². The highest BCUT2D eigenvalue weighted by molar-refractivity contribution is 5.79. The van der Waals surface area contributed by atoms with Gasteiger partial charge in [0.2, 0.25) is 0 Å². The van der Waals surface area contributed by atoms with Crippen molar-refractivity contribution < 1.29 is 17.9 Å². The Labute approximate surface area is 135 Å². The van der Waals surface area contributed by atoms with Crippen LogP contribution in [-0.2, 0) is 6.18 Å². The molecule has 0 atom stereocenters. The zero-order chi connectivity index (χ0) is 17.5. The summed E-state index contributed by atoms with van der Waals surface area (Å²) in [6.45, 7) is 1.50. The third-order valence-corrected chi connectivity index (χ3v) is 3.69. The van der Waals surface area contributed by atoms with Crippen LogP contribution in [0.15, 0.2) is 47.3 Å². The van der Waals surface area contributed by atoms with Crippen LogP contribution < -0.4 is 10.3 Å². The Kier molecular flexibility index (Phi) is 3.79. The predicted octanol–water partition coefficient (Wildman–Crippen LogP) is 3.72. The Morgan fingerprint density at radius 3 is 2.50 bits per heavy atom. The Bertz CT molecular complexity index is 978. The van der Waals surface area contributed by atoms with Gasteiger partial charge in [0.15, 0.2) is 0 Å². The molecule has 24 heavy (non-hydrogen) atoms. The molecule has 0 spiro atoms. The maximum atomic E-state index is 13.3. The van der Waals surface area contributed by atoms with Crippen LogP contribution in [0.25, 0.3) is 16.6 Å². The summed E-state index contributed by atoms with van der Waals surface area (Å²) in [4.78, 5) is 17.0. The van der Waals surface area contributed by atoms with E-state index in [2.05, 4.69) is 4.98 Å². The number of para-hydroxylation sites is 1. The third-order valence-electron chi connectivity index (χ3n) is 3.69. The summed E-state index contributed by atoms with van der Waals surface area (Å²) >= 11 is 0. The van der Waals surface area contributed by atoms with Gasteiger partial charge >= 0.3 is 6.18 Å². The fourth-order valence-corrected chi connectivity index (χ4v) is 2.59. The van der Waals surface area contributed by atoms with Gasteiger partial charge in [0.1, 0.15) is 11.6 Å². The number of nitrogens with zero attached hydrogens (tertiary/aromatic N) is 2. The summed E-state index contributed by atoms with van der Waals surface area (Å²) in [5.41, 5.74) is -1.31. The van der Waals surface area contributed by atoms with Crippen molar-refractivity contribution in [2.24, 2.45) is 0 Å². The molecule has 0 unspecified atom stereocenters. The molecule has 0 aliphatic heterocycles. The van der Waals surface area contributed by atoms with Gasteiger partial charge in [-0.2, -0.15) is 13.2 Å². The SMILES string of the molecule is COc1ccc2nc(C)n(-c3ccccc3C(F)(F)F)c(=O)c2c1. The van der Waals surface area contributed by atoms with Gasteiger partial charge in [0, 0.05) is 0 Å². The molecule has 0 fully saturated rings. The number of alkyl halides is 3. The monoisotopic (exact) mass is 334 g/mol. The third kappa shape index (κ3) is 2.62. The first-order valence-electron chi connectivity index (χ1n) is 7.07. The largest absolute Gasteiger partial charge is 0.497 e. The highest BCUT2D eigenvalue weighted by atomic mass is 19.4. The van der Waals surface area contributed by atoms with Gasteiger partial charge < -0.3 is 4.74 Å². The number of rotatable bonds is 2. The first-order chi connectivity index (χ1) is 11.3. The van der Waals surface area contributed by atoms with E-state index in [1.165, 1.54) is 38.3 Å². The van der Waals surface area contributed by atoms with E-state index < -0.39 is 17.3 Å². The van der Waals surface area contributed by atoms with Crippen molar-refractivity contribution in [3.05, 3.63) is 64.2 Å². The fraction of sp³-hybridized carbons (Fsp3) is 0.176. The summed E-state index contributed by atoms with van der Waals surface area (Å²) in [5, 5.41) is 0.192. The lowest BCUT2D eigenvalue weighted by molar-refractivity contribution is -0.137. The minimum Gasteiger partial charge on any atom is -0.497 e. The second-order valence-corrected chi connectivity index (χ2v) is 5.20. The van der Waals surface area contributed by atoms with Crippen LogP contribution in [0.1, 0.15) is 11.4 Å². The molecule has 0 aliphatic rings. The van der Waals surface area contributed by atoms with E-state index in [0.717, 1.165) is 10.6 Å². The lowest BCUT2D eigenvalue weighted by Crippen LogP contribution is -2.25. The van der Waals surface area contributed by atoms with Crippen molar-refractivity contribution in [1.82, 2.24) is 9.55 Å². The smallest absolute Gasteiger partial charge is 0.418 e. The van der Waals surface area contributed by atoms with Crippen LogP contribution >= 0.6 is 0 Å². The average molecular weight is 334 g/mol. The number of hydrogen-bond donors (Lipinski definition) is 0. The standard InChI is InChI=1S/C17H13F3N2O2/c1-10-21-14-8-7-11(24-2)9-12(14)16(23)22(10)15-6-4-3-5-13(15)17(18,19)20/h3-9H,1-2H3. The van der Waals surface area contributed by atoms with E-state index in [1.54, 1.807) is 12.1 Å². The van der Waals surface area contributed by atoms with Crippen molar-refractivity contribution in [3.63, 3.8) is 0 Å². The highest BCUT2D eigenvalue weighted by Crippen LogP contribution is 2.33. The molecule has 124 valence electrons. The molecule has 0 aliphatic carbocycles. The molecule has 0 amide bonds. The molecule has 3 rings (SSSR count). The zero-order valence-electron chi connectivity index (χ0n) is 12.9. The summed E-state index contributed by atoms with van der Waals surface area (Å²) in [7, 11) is 1.44. The fourth-order valence-electron chi connectivity index (χ4n) is 2.59. The molecule has 0 bridgehead atoms. The van der Waals surface area contributed by atoms with Crippen molar-refractivity contribution >= 4 is 10.9 Å². The maximum Gasteiger partial charge on any atom is 0.418 e. The van der Waals surface area contributed by atoms with Gasteiger partial charge in [-0.3, -0.25) is 9.36 Å². The second kappa shape index (κ2) is 5.67. The van der Waals surface area contributed by atoms with Crippen LogP contribution in [0.3, 0.4) is 0 Å². The topological polar surface area (TPSA) is 44.1 Å². The molecule has 0 saturated carbocycles. The Morgan fingerprint density at radius 2 is 1.83 bits per heavy atom. The lowest BCUT2D eigenvalue weighted by Gasteiger charge is -2.16. The first-order valence-corrected chi connectivity index (χ1v) is 7.07. The Hall–Kier alpha value is -2.83. The number of fused-ring (bicyclic) bond motifs is 1. The van der Waals surface area contributed by atoms with Gasteiger partial charge in [-0.25, -0.2) is 4.98 Å². The van der Waals surface area contributed by atoms with Crippen molar-refractivity contribution in [3.8, 4) is 11.4 Å². The van der Waals surface area contributed by atoms with Crippen LogP contribution in [0, 0.1) is 6.92 Å². The number of hydrogen-bond acceptors (Lipinski definition) is 3. The molecule has 7 heteroatoms. The first kappa shape index (κ1) is 16.0. The van der Waals surface area contributed by atoms with Gasteiger partial charge in [0.05, 0.1) is 29.3 Å². The lowest BCUT2D eigenvalue weighted by atomic mass is 10.1. The summed E-state index contributed by atoms with van der Waals surface area (Å²) in [6, 6.07) is 9.64. The number of aromatic nitrogens is 2. The summed E-state index contributed by atoms with van der Waals surface area (Å²) < 4.78 is 45.9. The average Bonchev–Trinajstić information content (AvgIpc) is 2.54. The summed E-state index contributed by atoms with van der Waals surface area (Å²) in [5.74, 6) is 0.607. The predicted molar refractivity (Wildman–Crippen MR) is 83.6 cm³/mol. The number of benzene rings is 2. The molecule has 1 heterocycles. The minimum absolute atomic E-state index is 0.175. The van der Waals surface area contributed by atoms with Crippen molar-refractivity contribution in [1.29, 1.82) is 0 Å². The molecule has 0 N–H and O–H groups in total. The molecule has 4 nitrogen and oxygen atoms in total. The number of methoxy groups -OCH3 is 1. The number of aryl methyl sites for hydroxylation is 1. The van der Waals surface area contributed by atoms with E-state index in [1.807, 2.05) is 0 Å². The quantitative estimate of drug-likeness (QED) is 0.717. The normalized spacial score (nSPS) is 11.7. The molecular weight excluding hydrogens is 321 g/mol. The van der Waals surface area contributed by atoms with E-state index in [-0.39, 0.29) is 16.9 Å². The van der Waals surface area contributed by atoms with Crippen LogP contribution in [0.5, 0.6) is 5.75 Å². The zero-order valence-corrected chi connectivity index (χ0v) is 12.9. The molecular formula is C17H13F3N2O2. The van der Waals surface area contributed by atoms with E-state index >= 15 is 0 Å². The second-order valence-electron chi connectivity index (χ2n) is 5.20. The van der Waals surface area contributed by atoms with Crippen LogP contribution in [-0.4, -0.2) is 16.7 Å². The van der Waals surface area contributed by atoms with E-state index in [4.69, 9.17) is 4.74 Å². The van der Waals surface area contributed by atoms with Crippen molar-refractivity contribution in [2.45, 2.75) is 13.1 Å². The highest BCUT2D eigenvalue weighted by Gasteiger charge is 2.34. The minimum atomic E-state index is -4.58. The molecule has 3 aromatic rings. The van der Waals surface area contributed by atoms with E-state index in [9.17, 15) is 18.0 Å². The molecule has 2 aromatic carbocycles. The van der Waals surface area contributed by atoms with Gasteiger partial charge in [0.25, 0.3) is 5.56 Å². The van der Waals surface area contributed by atoms with Crippen LogP contribution in [0.4, 0.5) is 13.2 Å².